The quantitative estimate of drug-likeness (QED) is 0.253. The number of anilines is 1. The second-order valence-corrected chi connectivity index (χ2v) is 11.8. The Balaban J connectivity index is 1.40. The van der Waals surface area contributed by atoms with Gasteiger partial charge in [0.05, 0.1) is 29.0 Å². The predicted octanol–water partition coefficient (Wildman–Crippen LogP) is 5.94. The van der Waals surface area contributed by atoms with E-state index >= 15 is 0 Å². The molecule has 0 saturated heterocycles. The molecule has 5 aromatic rings. The lowest BCUT2D eigenvalue weighted by atomic mass is 9.95. The number of fused-ring (bicyclic) bond motifs is 1. The first-order valence-electron chi connectivity index (χ1n) is 13.3. The van der Waals surface area contributed by atoms with Crippen LogP contribution >= 0.6 is 23.1 Å². The van der Waals surface area contributed by atoms with Gasteiger partial charge < -0.3 is 14.5 Å². The molecule has 0 spiro atoms. The van der Waals surface area contributed by atoms with E-state index in [9.17, 15) is 9.59 Å². The number of nitrogens with one attached hydrogen (secondary N) is 1. The first-order valence-corrected chi connectivity index (χ1v) is 14.9. The number of amides is 1. The molecule has 7 nitrogen and oxygen atoms in total. The summed E-state index contributed by atoms with van der Waals surface area (Å²) >= 11 is 2.79. The maximum absolute atomic E-state index is 13.9. The molecule has 0 saturated carbocycles. The molecule has 1 aliphatic rings. The monoisotopic (exact) mass is 593 g/mol. The minimum atomic E-state index is -0.678. The first kappa shape index (κ1) is 27.6. The van der Waals surface area contributed by atoms with E-state index in [1.807, 2.05) is 78.9 Å². The number of nitrogens with zero attached hydrogens (tertiary/aromatic N) is 2. The number of hydrogen-bond donors (Lipinski definition) is 1. The summed E-state index contributed by atoms with van der Waals surface area (Å²) in [6.07, 6.45) is 1.73. The average molecular weight is 594 g/mol. The van der Waals surface area contributed by atoms with Gasteiger partial charge in [-0.15, -0.1) is 0 Å². The van der Waals surface area contributed by atoms with Gasteiger partial charge in [-0.3, -0.25) is 14.2 Å². The number of rotatable bonds is 7. The second kappa shape index (κ2) is 11.7. The van der Waals surface area contributed by atoms with Crippen LogP contribution in [-0.2, 0) is 4.79 Å². The van der Waals surface area contributed by atoms with Crippen molar-refractivity contribution < 1.29 is 13.9 Å². The Labute approximate surface area is 250 Å². The molecule has 1 amide bonds. The Morgan fingerprint density at radius 2 is 1.74 bits per heavy atom. The highest BCUT2D eigenvalue weighted by atomic mass is 32.2. The Morgan fingerprint density at radius 1 is 1.00 bits per heavy atom. The van der Waals surface area contributed by atoms with Crippen molar-refractivity contribution in [2.45, 2.75) is 29.9 Å². The summed E-state index contributed by atoms with van der Waals surface area (Å²) < 4.78 is 13.4. The topological polar surface area (TPSA) is 85.8 Å². The van der Waals surface area contributed by atoms with E-state index in [-0.39, 0.29) is 11.5 Å². The molecule has 1 N–H and O–H groups in total. The molecule has 42 heavy (non-hydrogen) atoms. The molecule has 9 heteroatoms. The van der Waals surface area contributed by atoms with Crippen molar-refractivity contribution in [2.24, 2.45) is 4.99 Å². The fourth-order valence-corrected chi connectivity index (χ4v) is 6.56. The smallest absolute Gasteiger partial charge is 0.271 e. The summed E-state index contributed by atoms with van der Waals surface area (Å²) in [5, 5.41) is 3.69. The lowest BCUT2D eigenvalue weighted by molar-refractivity contribution is -0.113. The molecule has 210 valence electrons. The predicted molar refractivity (Wildman–Crippen MR) is 166 cm³/mol. The zero-order valence-corrected chi connectivity index (χ0v) is 24.8. The van der Waals surface area contributed by atoms with E-state index in [0.29, 0.717) is 37.8 Å². The summed E-state index contributed by atoms with van der Waals surface area (Å²) in [7, 11) is 1.60. The number of furan rings is 1. The fourth-order valence-electron chi connectivity index (χ4n) is 4.75. The highest BCUT2D eigenvalue weighted by molar-refractivity contribution is 7.99. The van der Waals surface area contributed by atoms with Crippen molar-refractivity contribution in [1.82, 2.24) is 4.57 Å². The Kier molecular flexibility index (Phi) is 7.69. The summed E-state index contributed by atoms with van der Waals surface area (Å²) in [6, 6.07) is 27.9. The highest BCUT2D eigenvalue weighted by Crippen LogP contribution is 2.32. The number of hydrogen-bond acceptors (Lipinski definition) is 7. The van der Waals surface area contributed by atoms with Crippen LogP contribution in [0.3, 0.4) is 0 Å². The maximum Gasteiger partial charge on any atom is 0.271 e. The molecule has 1 atom stereocenters. The van der Waals surface area contributed by atoms with Gasteiger partial charge in [-0.2, -0.15) is 0 Å². The lowest BCUT2D eigenvalue weighted by Gasteiger charge is -2.25. The number of thiazole rings is 1. The van der Waals surface area contributed by atoms with Crippen LogP contribution in [0.25, 0.3) is 6.08 Å². The van der Waals surface area contributed by atoms with E-state index < -0.39 is 6.04 Å². The van der Waals surface area contributed by atoms with Crippen molar-refractivity contribution in [2.75, 3.05) is 12.4 Å². The highest BCUT2D eigenvalue weighted by Gasteiger charge is 2.32. The first-order chi connectivity index (χ1) is 20.4. The van der Waals surface area contributed by atoms with Crippen LogP contribution in [0.15, 0.2) is 126 Å². The van der Waals surface area contributed by atoms with Crippen molar-refractivity contribution in [3.8, 4) is 5.75 Å². The van der Waals surface area contributed by atoms with Crippen LogP contribution < -0.4 is 24.9 Å². The van der Waals surface area contributed by atoms with Crippen LogP contribution in [0, 0.1) is 6.92 Å². The maximum atomic E-state index is 13.9. The van der Waals surface area contributed by atoms with Crippen molar-refractivity contribution in [1.29, 1.82) is 0 Å². The number of allylic oxidation sites excluding steroid dienone is 1. The number of aromatic nitrogens is 1. The fraction of sp³-hybridized carbons (Fsp3) is 0.121. The molecular weight excluding hydrogens is 567 g/mol. The van der Waals surface area contributed by atoms with Gasteiger partial charge in [0.15, 0.2) is 9.89 Å². The standard InChI is InChI=1S/C33H27N3O4S2/c1-20-9-16-26(17-10-20)41-28-18-15-25(40-28)19-27-32(38)36-30(22-11-13-24(39-3)14-12-22)29(21(2)34-33(36)42-27)31(37)35-23-7-5-4-6-8-23/h4-19,30H,1-3H3,(H,35,37)/b27-19+/t30-/m0/s1. The third kappa shape index (κ3) is 5.61. The molecule has 0 radical (unpaired) electrons. The Hall–Kier alpha value is -4.60. The van der Waals surface area contributed by atoms with Crippen molar-refractivity contribution in [3.05, 3.63) is 139 Å². The van der Waals surface area contributed by atoms with Crippen LogP contribution in [0.5, 0.6) is 5.75 Å². The van der Waals surface area contributed by atoms with E-state index in [1.165, 1.54) is 28.7 Å². The number of para-hydroxylation sites is 1. The van der Waals surface area contributed by atoms with Gasteiger partial charge in [0.2, 0.25) is 0 Å². The normalized spacial score (nSPS) is 14.8. The molecule has 0 unspecified atom stereocenters. The van der Waals surface area contributed by atoms with Crippen molar-refractivity contribution >= 4 is 40.8 Å². The van der Waals surface area contributed by atoms with Gasteiger partial charge in [0.25, 0.3) is 11.5 Å². The second-order valence-electron chi connectivity index (χ2n) is 9.75. The Morgan fingerprint density at radius 3 is 2.45 bits per heavy atom. The summed E-state index contributed by atoms with van der Waals surface area (Å²) in [5.74, 6) is 0.925. The number of benzene rings is 3. The van der Waals surface area contributed by atoms with Gasteiger partial charge in [-0.25, -0.2) is 4.99 Å². The van der Waals surface area contributed by atoms with Gasteiger partial charge >= 0.3 is 0 Å². The average Bonchev–Trinajstić information content (AvgIpc) is 3.57. The van der Waals surface area contributed by atoms with Gasteiger partial charge in [0.1, 0.15) is 11.5 Å². The molecule has 2 aromatic heterocycles. The van der Waals surface area contributed by atoms with E-state index in [2.05, 4.69) is 24.4 Å². The van der Waals surface area contributed by atoms with E-state index in [0.717, 1.165) is 15.6 Å². The molecule has 3 aromatic carbocycles. The number of aryl methyl sites for hydroxylation is 1. The molecule has 6 rings (SSSR count). The summed E-state index contributed by atoms with van der Waals surface area (Å²) in [4.78, 5) is 33.9. The SMILES string of the molecule is COc1ccc([C@H]2C(C(=O)Nc3ccccc3)=C(C)N=c3s/c(=C/c4ccc(Sc5ccc(C)cc5)o4)c(=O)n32)cc1. The molecule has 0 fully saturated rings. The van der Waals surface area contributed by atoms with Crippen LogP contribution in [0.4, 0.5) is 5.69 Å². The molecule has 3 heterocycles. The molecule has 0 aliphatic carbocycles. The number of methoxy groups -OCH3 is 1. The van der Waals surface area contributed by atoms with Crippen LogP contribution in [0.1, 0.15) is 29.9 Å². The number of carbonyl (C=O) groups excluding carboxylic acids is 1. The number of carbonyl (C=O) groups is 1. The van der Waals surface area contributed by atoms with Gasteiger partial charge in [-0.05, 0) is 67.9 Å². The minimum Gasteiger partial charge on any atom is -0.497 e. The summed E-state index contributed by atoms with van der Waals surface area (Å²) in [5.41, 5.74) is 3.32. The van der Waals surface area contributed by atoms with E-state index in [4.69, 9.17) is 14.1 Å². The van der Waals surface area contributed by atoms with E-state index in [1.54, 1.807) is 24.7 Å². The third-order valence-corrected chi connectivity index (χ3v) is 8.76. The van der Waals surface area contributed by atoms with Crippen molar-refractivity contribution in [3.63, 3.8) is 0 Å². The largest absolute Gasteiger partial charge is 0.497 e. The molecule has 0 bridgehead atoms. The zero-order valence-electron chi connectivity index (χ0n) is 23.2. The van der Waals surface area contributed by atoms with Gasteiger partial charge in [-0.1, -0.05) is 71.1 Å². The number of ether oxygens (including phenoxy) is 1. The minimum absolute atomic E-state index is 0.249. The zero-order chi connectivity index (χ0) is 29.2. The van der Waals surface area contributed by atoms with Crippen LogP contribution in [-0.4, -0.2) is 17.6 Å². The molecule has 1 aliphatic heterocycles. The Bertz CT molecular complexity index is 1970. The van der Waals surface area contributed by atoms with Crippen LogP contribution in [0.2, 0.25) is 0 Å². The third-order valence-electron chi connectivity index (χ3n) is 6.84. The summed E-state index contributed by atoms with van der Waals surface area (Å²) in [6.45, 7) is 3.85. The van der Waals surface area contributed by atoms with Gasteiger partial charge in [0, 0.05) is 16.7 Å². The molecular formula is C33H27N3O4S2. The lowest BCUT2D eigenvalue weighted by Crippen LogP contribution is -2.40.